The summed E-state index contributed by atoms with van der Waals surface area (Å²) in [5, 5.41) is 6.93. The van der Waals surface area contributed by atoms with Crippen LogP contribution in [0.4, 0.5) is 0 Å². The SMILES string of the molecule is COc1ccnc(C(=O)N[C@H](c2noc(-c3ccccc3)n2)C(C)C)c1OC(=O)C(C)C. The second kappa shape index (κ2) is 10.0. The number of ether oxygens (including phenoxy) is 2. The molecular formula is C23H26N4O5. The van der Waals surface area contributed by atoms with E-state index in [2.05, 4.69) is 20.4 Å². The van der Waals surface area contributed by atoms with E-state index in [1.807, 2.05) is 44.2 Å². The van der Waals surface area contributed by atoms with Gasteiger partial charge in [0.2, 0.25) is 5.75 Å². The van der Waals surface area contributed by atoms with Gasteiger partial charge in [0.1, 0.15) is 0 Å². The van der Waals surface area contributed by atoms with E-state index in [-0.39, 0.29) is 23.1 Å². The maximum atomic E-state index is 13.1. The van der Waals surface area contributed by atoms with Crippen molar-refractivity contribution in [1.29, 1.82) is 0 Å². The standard InChI is InChI=1S/C23H26N4O5/c1-13(2)17(20-26-22(32-27-20)15-9-7-6-8-10-15)25-21(28)18-19(31-23(29)14(3)4)16(30-5)11-12-24-18/h6-14,17H,1-5H3,(H,25,28)/t17-/m0/s1. The zero-order valence-corrected chi connectivity index (χ0v) is 18.7. The first-order chi connectivity index (χ1) is 15.3. The van der Waals surface area contributed by atoms with E-state index in [0.29, 0.717) is 11.7 Å². The first-order valence-electron chi connectivity index (χ1n) is 10.3. The van der Waals surface area contributed by atoms with Crippen molar-refractivity contribution in [3.05, 3.63) is 54.1 Å². The summed E-state index contributed by atoms with van der Waals surface area (Å²) in [6, 6.07) is 10.3. The van der Waals surface area contributed by atoms with Crippen LogP contribution in [0.3, 0.4) is 0 Å². The summed E-state index contributed by atoms with van der Waals surface area (Å²) < 4.78 is 16.1. The van der Waals surface area contributed by atoms with E-state index < -0.39 is 23.8 Å². The number of carbonyl (C=O) groups is 2. The molecule has 9 nitrogen and oxygen atoms in total. The van der Waals surface area contributed by atoms with Gasteiger partial charge in [0, 0.05) is 17.8 Å². The van der Waals surface area contributed by atoms with Crippen molar-refractivity contribution < 1.29 is 23.6 Å². The van der Waals surface area contributed by atoms with E-state index >= 15 is 0 Å². The van der Waals surface area contributed by atoms with Crippen molar-refractivity contribution in [2.75, 3.05) is 7.11 Å². The lowest BCUT2D eigenvalue weighted by molar-refractivity contribution is -0.137. The van der Waals surface area contributed by atoms with Crippen molar-refractivity contribution in [2.24, 2.45) is 11.8 Å². The lowest BCUT2D eigenvalue weighted by atomic mass is 10.0. The molecule has 0 fully saturated rings. The molecule has 0 aliphatic carbocycles. The number of rotatable bonds is 8. The van der Waals surface area contributed by atoms with E-state index in [1.165, 1.54) is 19.4 Å². The highest BCUT2D eigenvalue weighted by atomic mass is 16.6. The average Bonchev–Trinajstić information content (AvgIpc) is 3.27. The van der Waals surface area contributed by atoms with Gasteiger partial charge >= 0.3 is 5.97 Å². The van der Waals surface area contributed by atoms with Crippen LogP contribution in [0.25, 0.3) is 11.5 Å². The molecule has 1 amide bonds. The third-order valence-electron chi connectivity index (χ3n) is 4.67. The fourth-order valence-electron chi connectivity index (χ4n) is 2.87. The Balaban J connectivity index is 1.89. The minimum absolute atomic E-state index is 0.0354. The maximum absolute atomic E-state index is 13.1. The maximum Gasteiger partial charge on any atom is 0.313 e. The Morgan fingerprint density at radius 2 is 1.78 bits per heavy atom. The van der Waals surface area contributed by atoms with E-state index in [4.69, 9.17) is 14.0 Å². The molecular weight excluding hydrogens is 412 g/mol. The molecule has 0 spiro atoms. The van der Waals surface area contributed by atoms with Crippen LogP contribution in [0.5, 0.6) is 11.5 Å². The van der Waals surface area contributed by atoms with E-state index in [9.17, 15) is 9.59 Å². The molecule has 3 rings (SSSR count). The number of pyridine rings is 1. The topological polar surface area (TPSA) is 116 Å². The lowest BCUT2D eigenvalue weighted by Gasteiger charge is -2.20. The summed E-state index contributed by atoms with van der Waals surface area (Å²) in [4.78, 5) is 33.9. The molecule has 9 heteroatoms. The largest absolute Gasteiger partial charge is 0.493 e. The molecule has 0 bridgehead atoms. The number of aromatic nitrogens is 3. The Morgan fingerprint density at radius 3 is 2.41 bits per heavy atom. The van der Waals surface area contributed by atoms with Crippen LogP contribution in [-0.4, -0.2) is 34.1 Å². The molecule has 2 aromatic heterocycles. The molecule has 168 valence electrons. The Labute approximate surface area is 186 Å². The van der Waals surface area contributed by atoms with Crippen LogP contribution in [0.15, 0.2) is 47.1 Å². The number of esters is 1. The molecule has 0 aliphatic heterocycles. The number of methoxy groups -OCH3 is 1. The van der Waals surface area contributed by atoms with Crippen molar-refractivity contribution in [2.45, 2.75) is 33.7 Å². The first-order valence-corrected chi connectivity index (χ1v) is 10.3. The van der Waals surface area contributed by atoms with Gasteiger partial charge in [-0.1, -0.05) is 51.1 Å². The van der Waals surface area contributed by atoms with Crippen LogP contribution in [0.2, 0.25) is 0 Å². The molecule has 1 N–H and O–H groups in total. The van der Waals surface area contributed by atoms with Crippen LogP contribution in [0.1, 0.15) is 50.0 Å². The molecule has 0 radical (unpaired) electrons. The Kier molecular flexibility index (Phi) is 7.19. The van der Waals surface area contributed by atoms with Gasteiger partial charge in [0.05, 0.1) is 19.1 Å². The van der Waals surface area contributed by atoms with Crippen molar-refractivity contribution in [3.63, 3.8) is 0 Å². The molecule has 2 heterocycles. The predicted octanol–water partition coefficient (Wildman–Crippen LogP) is 3.83. The quantitative estimate of drug-likeness (QED) is 0.528. The monoisotopic (exact) mass is 438 g/mol. The third-order valence-corrected chi connectivity index (χ3v) is 4.67. The Hall–Kier alpha value is -3.75. The number of hydrogen-bond donors (Lipinski definition) is 1. The summed E-state index contributed by atoms with van der Waals surface area (Å²) >= 11 is 0. The van der Waals surface area contributed by atoms with Gasteiger partial charge in [-0.15, -0.1) is 0 Å². The van der Waals surface area contributed by atoms with E-state index in [1.54, 1.807) is 13.8 Å². The van der Waals surface area contributed by atoms with E-state index in [0.717, 1.165) is 5.56 Å². The van der Waals surface area contributed by atoms with Gasteiger partial charge in [-0.05, 0) is 18.1 Å². The minimum Gasteiger partial charge on any atom is -0.493 e. The number of benzene rings is 1. The lowest BCUT2D eigenvalue weighted by Crippen LogP contribution is -2.33. The van der Waals surface area contributed by atoms with Crippen LogP contribution >= 0.6 is 0 Å². The zero-order chi connectivity index (χ0) is 23.3. The summed E-state index contributed by atoms with van der Waals surface area (Å²) in [5.74, 6) is -0.639. The highest BCUT2D eigenvalue weighted by molar-refractivity contribution is 5.97. The summed E-state index contributed by atoms with van der Waals surface area (Å²) in [7, 11) is 1.42. The smallest absolute Gasteiger partial charge is 0.313 e. The molecule has 1 atom stereocenters. The molecule has 1 aromatic carbocycles. The second-order valence-corrected chi connectivity index (χ2v) is 7.79. The number of nitrogens with zero attached hydrogens (tertiary/aromatic N) is 3. The van der Waals surface area contributed by atoms with Gasteiger partial charge in [-0.25, -0.2) is 4.98 Å². The molecule has 0 saturated heterocycles. The number of hydrogen-bond acceptors (Lipinski definition) is 8. The normalized spacial score (nSPS) is 12.0. The molecule has 3 aromatic rings. The van der Waals surface area contributed by atoms with Crippen molar-refractivity contribution >= 4 is 11.9 Å². The molecule has 32 heavy (non-hydrogen) atoms. The zero-order valence-electron chi connectivity index (χ0n) is 18.7. The molecule has 0 saturated carbocycles. The van der Waals surface area contributed by atoms with Crippen LogP contribution < -0.4 is 14.8 Å². The van der Waals surface area contributed by atoms with Crippen LogP contribution in [0, 0.1) is 11.8 Å². The minimum atomic E-state index is -0.564. The van der Waals surface area contributed by atoms with Gasteiger partial charge in [0.25, 0.3) is 11.8 Å². The average molecular weight is 438 g/mol. The highest BCUT2D eigenvalue weighted by Gasteiger charge is 2.28. The summed E-state index contributed by atoms with van der Waals surface area (Å²) in [6.45, 7) is 7.23. The van der Waals surface area contributed by atoms with Crippen molar-refractivity contribution in [3.8, 4) is 23.0 Å². The van der Waals surface area contributed by atoms with Gasteiger partial charge < -0.3 is 19.3 Å². The highest BCUT2D eigenvalue weighted by Crippen LogP contribution is 2.31. The fourth-order valence-corrected chi connectivity index (χ4v) is 2.87. The Morgan fingerprint density at radius 1 is 1.06 bits per heavy atom. The van der Waals surface area contributed by atoms with Gasteiger partial charge in [-0.3, -0.25) is 9.59 Å². The van der Waals surface area contributed by atoms with Gasteiger partial charge in [-0.2, -0.15) is 4.98 Å². The predicted molar refractivity (Wildman–Crippen MR) is 116 cm³/mol. The summed E-state index contributed by atoms with van der Waals surface area (Å²) in [6.07, 6.45) is 1.41. The summed E-state index contributed by atoms with van der Waals surface area (Å²) in [5.41, 5.74) is 0.702. The second-order valence-electron chi connectivity index (χ2n) is 7.79. The molecule has 0 aliphatic rings. The third kappa shape index (κ3) is 5.11. The Bertz CT molecular complexity index is 1080. The fraction of sp³-hybridized carbons (Fsp3) is 0.348. The molecule has 0 unspecified atom stereocenters. The number of carbonyl (C=O) groups excluding carboxylic acids is 2. The first kappa shape index (κ1) is 22.9. The van der Waals surface area contributed by atoms with Gasteiger partial charge in [0.15, 0.2) is 17.3 Å². The van der Waals surface area contributed by atoms with Crippen molar-refractivity contribution in [1.82, 2.24) is 20.4 Å². The number of nitrogens with one attached hydrogen (secondary N) is 1. The number of amides is 1. The van der Waals surface area contributed by atoms with Crippen LogP contribution in [-0.2, 0) is 4.79 Å².